The molecule has 144 valence electrons. The van der Waals surface area contributed by atoms with Crippen LogP contribution in [0.2, 0.25) is 0 Å². The van der Waals surface area contributed by atoms with Crippen molar-refractivity contribution in [3.05, 3.63) is 59.0 Å². The third-order valence-corrected chi connectivity index (χ3v) is 4.79. The van der Waals surface area contributed by atoms with Gasteiger partial charge in [-0.05, 0) is 37.5 Å². The van der Waals surface area contributed by atoms with Crippen molar-refractivity contribution in [3.63, 3.8) is 0 Å². The fraction of sp³-hybridized carbons (Fsp3) is 0.421. The van der Waals surface area contributed by atoms with E-state index in [0.29, 0.717) is 24.4 Å². The lowest BCUT2D eigenvalue weighted by Gasteiger charge is -2.41. The van der Waals surface area contributed by atoms with Crippen LogP contribution in [0.5, 0.6) is 0 Å². The molecule has 7 heteroatoms. The first kappa shape index (κ1) is 22.5. The standard InChI is InChI=1S/C19H25N3O2.2ClH/c1-19(2,13-21-18(23)16-9-17(10-20)24-12-16)22-8-7-14-5-3-4-6-15(14)11-22;;/h3-6,9,12H,7-8,10-11,13,20H2,1-2H3,(H,21,23);2*1H. The lowest BCUT2D eigenvalue weighted by Crippen LogP contribution is -2.53. The predicted octanol–water partition coefficient (Wildman–Crippen LogP) is 3.15. The molecule has 1 aromatic carbocycles. The van der Waals surface area contributed by atoms with Gasteiger partial charge in [0.1, 0.15) is 12.0 Å². The summed E-state index contributed by atoms with van der Waals surface area (Å²) in [6.07, 6.45) is 2.51. The van der Waals surface area contributed by atoms with Crippen molar-refractivity contribution in [2.45, 2.75) is 38.9 Å². The summed E-state index contributed by atoms with van der Waals surface area (Å²) in [5.41, 5.74) is 8.72. The molecule has 0 radical (unpaired) electrons. The van der Waals surface area contributed by atoms with Crippen LogP contribution in [-0.2, 0) is 19.5 Å². The number of benzene rings is 1. The zero-order valence-electron chi connectivity index (χ0n) is 15.2. The van der Waals surface area contributed by atoms with Gasteiger partial charge in [-0.25, -0.2) is 0 Å². The van der Waals surface area contributed by atoms with E-state index in [-0.39, 0.29) is 36.3 Å². The summed E-state index contributed by atoms with van der Waals surface area (Å²) >= 11 is 0. The third-order valence-electron chi connectivity index (χ3n) is 4.79. The molecule has 5 nitrogen and oxygen atoms in total. The number of halogens is 2. The molecule has 1 amide bonds. The van der Waals surface area contributed by atoms with Crippen LogP contribution in [0, 0.1) is 0 Å². The number of furan rings is 1. The van der Waals surface area contributed by atoms with Crippen molar-refractivity contribution < 1.29 is 9.21 Å². The lowest BCUT2D eigenvalue weighted by atomic mass is 9.94. The number of nitrogens with two attached hydrogens (primary N) is 1. The van der Waals surface area contributed by atoms with E-state index in [1.807, 2.05) is 0 Å². The average molecular weight is 400 g/mol. The number of hydrogen-bond acceptors (Lipinski definition) is 4. The number of carbonyl (C=O) groups is 1. The zero-order chi connectivity index (χ0) is 17.2. The zero-order valence-corrected chi connectivity index (χ0v) is 16.8. The molecule has 1 aliphatic rings. The first-order valence-corrected chi connectivity index (χ1v) is 8.37. The van der Waals surface area contributed by atoms with E-state index in [4.69, 9.17) is 10.2 Å². The summed E-state index contributed by atoms with van der Waals surface area (Å²) in [7, 11) is 0. The second-order valence-corrected chi connectivity index (χ2v) is 6.94. The van der Waals surface area contributed by atoms with E-state index in [1.165, 1.54) is 17.4 Å². The molecule has 0 bridgehead atoms. The Kier molecular flexibility index (Phi) is 8.15. The summed E-state index contributed by atoms with van der Waals surface area (Å²) in [4.78, 5) is 14.7. The van der Waals surface area contributed by atoms with Crippen LogP contribution in [0.25, 0.3) is 0 Å². The molecule has 3 N–H and O–H groups in total. The molecule has 0 spiro atoms. The van der Waals surface area contributed by atoms with Crippen LogP contribution in [-0.4, -0.2) is 29.4 Å². The maximum atomic E-state index is 12.3. The van der Waals surface area contributed by atoms with E-state index in [2.05, 4.69) is 48.3 Å². The minimum atomic E-state index is -0.121. The average Bonchev–Trinajstić information content (AvgIpc) is 3.08. The number of rotatable bonds is 5. The van der Waals surface area contributed by atoms with Gasteiger partial charge >= 0.3 is 0 Å². The van der Waals surface area contributed by atoms with Crippen molar-refractivity contribution in [2.75, 3.05) is 13.1 Å². The predicted molar refractivity (Wildman–Crippen MR) is 108 cm³/mol. The van der Waals surface area contributed by atoms with E-state index in [1.54, 1.807) is 6.07 Å². The van der Waals surface area contributed by atoms with Crippen LogP contribution in [0.3, 0.4) is 0 Å². The Morgan fingerprint density at radius 3 is 2.62 bits per heavy atom. The Bertz CT molecular complexity index is 731. The normalized spacial score (nSPS) is 14.0. The molecule has 0 unspecified atom stereocenters. The molecule has 0 atom stereocenters. The second kappa shape index (κ2) is 9.42. The minimum Gasteiger partial charge on any atom is -0.467 e. The molecular formula is C19H27Cl2N3O2. The minimum absolute atomic E-state index is 0. The highest BCUT2D eigenvalue weighted by atomic mass is 35.5. The van der Waals surface area contributed by atoms with Crippen LogP contribution in [0.4, 0.5) is 0 Å². The van der Waals surface area contributed by atoms with Gasteiger partial charge in [-0.3, -0.25) is 9.69 Å². The van der Waals surface area contributed by atoms with Gasteiger partial charge in [0.25, 0.3) is 5.91 Å². The van der Waals surface area contributed by atoms with Crippen molar-refractivity contribution in [2.24, 2.45) is 5.73 Å². The quantitative estimate of drug-likeness (QED) is 0.809. The number of carbonyl (C=O) groups excluding carboxylic acids is 1. The molecular weight excluding hydrogens is 373 g/mol. The van der Waals surface area contributed by atoms with Gasteiger partial charge in [0.15, 0.2) is 0 Å². The van der Waals surface area contributed by atoms with E-state index < -0.39 is 0 Å². The van der Waals surface area contributed by atoms with Crippen LogP contribution in [0.1, 0.15) is 41.1 Å². The van der Waals surface area contributed by atoms with Crippen molar-refractivity contribution >= 4 is 30.7 Å². The van der Waals surface area contributed by atoms with E-state index >= 15 is 0 Å². The Morgan fingerprint density at radius 1 is 1.27 bits per heavy atom. The van der Waals surface area contributed by atoms with Crippen LogP contribution < -0.4 is 11.1 Å². The molecule has 1 aliphatic heterocycles. The molecule has 0 saturated heterocycles. The Labute approximate surface area is 167 Å². The number of amides is 1. The summed E-state index contributed by atoms with van der Waals surface area (Å²) in [5, 5.41) is 3.02. The molecule has 1 aromatic heterocycles. The molecule has 2 heterocycles. The fourth-order valence-corrected chi connectivity index (χ4v) is 3.13. The highest BCUT2D eigenvalue weighted by Crippen LogP contribution is 2.25. The molecule has 0 saturated carbocycles. The topological polar surface area (TPSA) is 71.5 Å². The maximum absolute atomic E-state index is 12.3. The summed E-state index contributed by atoms with van der Waals surface area (Å²) in [6, 6.07) is 10.3. The van der Waals surface area contributed by atoms with Crippen molar-refractivity contribution in [1.82, 2.24) is 10.2 Å². The van der Waals surface area contributed by atoms with Gasteiger partial charge < -0.3 is 15.5 Å². The van der Waals surface area contributed by atoms with Gasteiger partial charge in [-0.2, -0.15) is 0 Å². The Hall–Kier alpha value is -1.53. The van der Waals surface area contributed by atoms with Crippen molar-refractivity contribution in [1.29, 1.82) is 0 Å². The summed E-state index contributed by atoms with van der Waals surface area (Å²) in [5.74, 6) is 0.496. The first-order valence-electron chi connectivity index (χ1n) is 8.37. The summed E-state index contributed by atoms with van der Waals surface area (Å²) < 4.78 is 5.23. The monoisotopic (exact) mass is 399 g/mol. The summed E-state index contributed by atoms with van der Waals surface area (Å²) in [6.45, 7) is 7.14. The highest BCUT2D eigenvalue weighted by Gasteiger charge is 2.30. The first-order chi connectivity index (χ1) is 11.5. The Morgan fingerprint density at radius 2 is 1.96 bits per heavy atom. The number of nitrogens with zero attached hydrogens (tertiary/aromatic N) is 1. The highest BCUT2D eigenvalue weighted by molar-refractivity contribution is 5.94. The molecule has 2 aromatic rings. The number of fused-ring (bicyclic) bond motifs is 1. The third kappa shape index (κ3) is 5.01. The smallest absolute Gasteiger partial charge is 0.254 e. The fourth-order valence-electron chi connectivity index (χ4n) is 3.13. The molecule has 0 fully saturated rings. The van der Waals surface area contributed by atoms with E-state index in [0.717, 1.165) is 19.5 Å². The van der Waals surface area contributed by atoms with Gasteiger partial charge in [-0.1, -0.05) is 24.3 Å². The lowest BCUT2D eigenvalue weighted by molar-refractivity contribution is 0.0825. The van der Waals surface area contributed by atoms with E-state index in [9.17, 15) is 4.79 Å². The van der Waals surface area contributed by atoms with Gasteiger partial charge in [0.2, 0.25) is 0 Å². The van der Waals surface area contributed by atoms with Crippen LogP contribution >= 0.6 is 24.8 Å². The molecule has 26 heavy (non-hydrogen) atoms. The van der Waals surface area contributed by atoms with Gasteiger partial charge in [0.05, 0.1) is 12.1 Å². The van der Waals surface area contributed by atoms with Gasteiger partial charge in [-0.15, -0.1) is 24.8 Å². The van der Waals surface area contributed by atoms with Gasteiger partial charge in [0, 0.05) is 25.2 Å². The second-order valence-electron chi connectivity index (χ2n) is 6.94. The van der Waals surface area contributed by atoms with Crippen LogP contribution in [0.15, 0.2) is 41.0 Å². The molecule has 0 aliphatic carbocycles. The Balaban J connectivity index is 0.00000169. The number of nitrogens with one attached hydrogen (secondary N) is 1. The number of hydrogen-bond donors (Lipinski definition) is 2. The largest absolute Gasteiger partial charge is 0.467 e. The maximum Gasteiger partial charge on any atom is 0.254 e. The molecule has 3 rings (SSSR count). The van der Waals surface area contributed by atoms with Crippen molar-refractivity contribution in [3.8, 4) is 0 Å². The SMILES string of the molecule is CC(C)(CNC(=O)c1coc(CN)c1)N1CCc2ccccc2C1.Cl.Cl.